The number of nitrogens with zero attached hydrogens (tertiary/aromatic N) is 7. The highest BCUT2D eigenvalue weighted by molar-refractivity contribution is 5.57. The highest BCUT2D eigenvalue weighted by Gasteiger charge is 2.36. The Hall–Kier alpha value is -4.01. The van der Waals surface area contributed by atoms with Gasteiger partial charge in [-0.25, -0.2) is 14.5 Å². The van der Waals surface area contributed by atoms with Gasteiger partial charge in [-0.2, -0.15) is 5.10 Å². The van der Waals surface area contributed by atoms with Gasteiger partial charge in [0.15, 0.2) is 0 Å². The first-order valence-electron chi connectivity index (χ1n) is 10.2. The molecule has 0 radical (unpaired) electrons. The molecule has 5 aromatic heterocycles. The number of imidazole rings is 1. The number of anilines is 1. The molecule has 0 saturated heterocycles. The van der Waals surface area contributed by atoms with Crippen LogP contribution in [-0.4, -0.2) is 41.3 Å². The van der Waals surface area contributed by atoms with Gasteiger partial charge in [0.05, 0.1) is 23.2 Å². The molecule has 0 unspecified atom stereocenters. The number of aromatic amines is 1. The van der Waals surface area contributed by atoms with E-state index in [0.29, 0.717) is 24.1 Å². The molecule has 9 nitrogen and oxygen atoms in total. The monoisotopic (exact) mass is 412 g/mol. The maximum Gasteiger partial charge on any atom is 0.319 e. The summed E-state index contributed by atoms with van der Waals surface area (Å²) in [6, 6.07) is 12.1. The molecule has 6 rings (SSSR count). The minimum atomic E-state index is -0.229. The zero-order valence-electron chi connectivity index (χ0n) is 17.1. The molecule has 1 N–H and O–H groups in total. The zero-order valence-corrected chi connectivity index (χ0v) is 17.1. The Morgan fingerprint density at radius 3 is 2.94 bits per heavy atom. The molecular weight excluding hydrogens is 392 g/mol. The molecule has 0 aromatic carbocycles. The van der Waals surface area contributed by atoms with Gasteiger partial charge in [0.2, 0.25) is 0 Å². The predicted octanol–water partition coefficient (Wildman–Crippen LogP) is 3.27. The summed E-state index contributed by atoms with van der Waals surface area (Å²) in [5.74, 6) is 0.399. The van der Waals surface area contributed by atoms with Crippen LogP contribution < -0.4 is 4.90 Å². The Balaban J connectivity index is 1.45. The molecule has 0 bridgehead atoms. The first kappa shape index (κ1) is 17.8. The van der Waals surface area contributed by atoms with Crippen molar-refractivity contribution in [2.24, 2.45) is 0 Å². The fourth-order valence-electron chi connectivity index (χ4n) is 4.19. The van der Waals surface area contributed by atoms with Crippen molar-refractivity contribution in [3.8, 4) is 11.6 Å². The molecule has 1 aliphatic rings. The Labute approximate surface area is 177 Å². The lowest BCUT2D eigenvalue weighted by Gasteiger charge is -2.32. The summed E-state index contributed by atoms with van der Waals surface area (Å²) >= 11 is 0. The van der Waals surface area contributed by atoms with Crippen LogP contribution in [0.4, 0.5) is 6.01 Å². The van der Waals surface area contributed by atoms with Gasteiger partial charge in [-0.3, -0.25) is 0 Å². The second-order valence-corrected chi connectivity index (χ2v) is 7.76. The standard InChI is InChI=1S/C22H20N8O/c1-13-5-4-9-30-18(13)11-17(28-30)20-19-15(23-12-24-19)8-10-29(20)22-27-26-21(31-22)16-7-3-6-14(2)25-16/h3-7,9,11-12,20H,8,10H2,1-2H3,(H,23,24)/t20-/m1/s1. The number of hydrogen-bond acceptors (Lipinski definition) is 7. The van der Waals surface area contributed by atoms with Crippen molar-refractivity contribution in [1.29, 1.82) is 0 Å². The molecular formula is C22H20N8O. The van der Waals surface area contributed by atoms with E-state index >= 15 is 0 Å². The highest BCUT2D eigenvalue weighted by Crippen LogP contribution is 2.37. The Morgan fingerprint density at radius 1 is 1.13 bits per heavy atom. The van der Waals surface area contributed by atoms with E-state index in [1.54, 1.807) is 6.33 Å². The van der Waals surface area contributed by atoms with E-state index in [0.717, 1.165) is 40.3 Å². The van der Waals surface area contributed by atoms with Crippen LogP contribution in [0, 0.1) is 13.8 Å². The lowest BCUT2D eigenvalue weighted by atomic mass is 10.00. The quantitative estimate of drug-likeness (QED) is 0.485. The van der Waals surface area contributed by atoms with Crippen molar-refractivity contribution in [2.75, 3.05) is 11.4 Å². The largest absolute Gasteiger partial charge is 0.402 e. The van der Waals surface area contributed by atoms with Crippen LogP contribution in [0.5, 0.6) is 0 Å². The van der Waals surface area contributed by atoms with Crippen LogP contribution in [-0.2, 0) is 6.42 Å². The van der Waals surface area contributed by atoms with Crippen molar-refractivity contribution >= 4 is 11.5 Å². The van der Waals surface area contributed by atoms with E-state index in [9.17, 15) is 0 Å². The summed E-state index contributed by atoms with van der Waals surface area (Å²) in [6.45, 7) is 4.72. The fraction of sp³-hybridized carbons (Fsp3) is 0.227. The topological polar surface area (TPSA) is 101 Å². The van der Waals surface area contributed by atoms with E-state index < -0.39 is 0 Å². The van der Waals surface area contributed by atoms with Gasteiger partial charge in [0.25, 0.3) is 5.89 Å². The third kappa shape index (κ3) is 2.89. The van der Waals surface area contributed by atoms with Crippen molar-refractivity contribution in [1.82, 2.24) is 34.8 Å². The van der Waals surface area contributed by atoms with E-state index in [1.165, 1.54) is 0 Å². The number of rotatable bonds is 3. The summed E-state index contributed by atoms with van der Waals surface area (Å²) in [6.07, 6.45) is 4.50. The van der Waals surface area contributed by atoms with E-state index in [-0.39, 0.29) is 6.04 Å². The van der Waals surface area contributed by atoms with Gasteiger partial charge in [-0.05, 0) is 43.7 Å². The molecule has 0 fully saturated rings. The second kappa shape index (κ2) is 6.76. The Morgan fingerprint density at radius 2 is 2.06 bits per heavy atom. The van der Waals surface area contributed by atoms with Gasteiger partial charge in [0.1, 0.15) is 11.7 Å². The van der Waals surface area contributed by atoms with Crippen LogP contribution >= 0.6 is 0 Å². The lowest BCUT2D eigenvalue weighted by Crippen LogP contribution is -2.36. The van der Waals surface area contributed by atoms with Crippen LogP contribution in [0.2, 0.25) is 0 Å². The molecule has 6 heterocycles. The Kier molecular flexibility index (Phi) is 3.89. The Bertz CT molecular complexity index is 1400. The minimum Gasteiger partial charge on any atom is -0.402 e. The van der Waals surface area contributed by atoms with Crippen molar-refractivity contribution in [2.45, 2.75) is 26.3 Å². The predicted molar refractivity (Wildman–Crippen MR) is 114 cm³/mol. The maximum absolute atomic E-state index is 6.07. The van der Waals surface area contributed by atoms with Crippen LogP contribution in [0.3, 0.4) is 0 Å². The SMILES string of the molecule is Cc1cccc(-c2nnc(N3CCc4[nH]cnc4[C@H]3c3cc4c(C)cccn4n3)o2)n1. The molecule has 1 atom stereocenters. The summed E-state index contributed by atoms with van der Waals surface area (Å²) < 4.78 is 7.98. The summed E-state index contributed by atoms with van der Waals surface area (Å²) in [4.78, 5) is 14.4. The van der Waals surface area contributed by atoms with Gasteiger partial charge in [0, 0.05) is 30.6 Å². The molecule has 154 valence electrons. The normalized spacial score (nSPS) is 16.1. The first-order valence-corrected chi connectivity index (χ1v) is 10.2. The molecule has 31 heavy (non-hydrogen) atoms. The number of fused-ring (bicyclic) bond motifs is 2. The number of hydrogen-bond donors (Lipinski definition) is 1. The number of pyridine rings is 2. The molecule has 0 aliphatic carbocycles. The van der Waals surface area contributed by atoms with Crippen molar-refractivity contribution in [3.05, 3.63) is 77.3 Å². The fourth-order valence-corrected chi connectivity index (χ4v) is 4.19. The maximum atomic E-state index is 6.07. The lowest BCUT2D eigenvalue weighted by molar-refractivity contribution is 0.502. The summed E-state index contributed by atoms with van der Waals surface area (Å²) in [7, 11) is 0. The van der Waals surface area contributed by atoms with Crippen LogP contribution in [0.15, 0.2) is 53.3 Å². The number of nitrogens with one attached hydrogen (secondary N) is 1. The molecule has 0 spiro atoms. The van der Waals surface area contributed by atoms with Crippen LogP contribution in [0.1, 0.15) is 34.4 Å². The number of aryl methyl sites for hydroxylation is 2. The van der Waals surface area contributed by atoms with Crippen LogP contribution in [0.25, 0.3) is 17.1 Å². The smallest absolute Gasteiger partial charge is 0.319 e. The summed E-state index contributed by atoms with van der Waals surface area (Å²) in [5.41, 5.74) is 6.71. The molecule has 0 saturated carbocycles. The summed E-state index contributed by atoms with van der Waals surface area (Å²) in [5, 5.41) is 13.5. The highest BCUT2D eigenvalue weighted by atomic mass is 16.4. The molecule has 1 aliphatic heterocycles. The molecule has 0 amide bonds. The van der Waals surface area contributed by atoms with E-state index in [4.69, 9.17) is 9.52 Å². The average Bonchev–Trinajstić information content (AvgIpc) is 3.52. The van der Waals surface area contributed by atoms with Gasteiger partial charge >= 0.3 is 6.01 Å². The van der Waals surface area contributed by atoms with Gasteiger partial charge in [-0.15, -0.1) is 5.10 Å². The first-order chi connectivity index (χ1) is 15.2. The van der Waals surface area contributed by atoms with Crippen molar-refractivity contribution in [3.63, 3.8) is 0 Å². The molecule has 5 aromatic rings. The average molecular weight is 412 g/mol. The van der Waals surface area contributed by atoms with Gasteiger partial charge < -0.3 is 14.3 Å². The third-order valence-corrected chi connectivity index (χ3v) is 5.70. The zero-order chi connectivity index (χ0) is 20.9. The number of aromatic nitrogens is 7. The van der Waals surface area contributed by atoms with E-state index in [2.05, 4.69) is 49.1 Å². The number of H-pyrrole nitrogens is 1. The van der Waals surface area contributed by atoms with Crippen molar-refractivity contribution < 1.29 is 4.42 Å². The molecule has 9 heteroatoms. The second-order valence-electron chi connectivity index (χ2n) is 7.76. The van der Waals surface area contributed by atoms with E-state index in [1.807, 2.05) is 41.9 Å². The third-order valence-electron chi connectivity index (χ3n) is 5.70. The van der Waals surface area contributed by atoms with Gasteiger partial charge in [-0.1, -0.05) is 17.2 Å². The minimum absolute atomic E-state index is 0.229.